The minimum atomic E-state index is -6.09. The van der Waals surface area contributed by atoms with Gasteiger partial charge in [-0.2, -0.15) is 52.7 Å². The molecule has 0 spiro atoms. The van der Waals surface area contributed by atoms with Crippen molar-refractivity contribution in [1.82, 2.24) is 19.9 Å². The van der Waals surface area contributed by atoms with Gasteiger partial charge >= 0.3 is 45.9 Å². The molecule has 6 rings (SSSR count). The predicted molar refractivity (Wildman–Crippen MR) is 585 cm³/mol. The minimum Gasteiger partial charge on any atom is -0.741 e. The molecule has 0 atom stereocenters. The van der Waals surface area contributed by atoms with Gasteiger partial charge in [-0.3, -0.25) is 39.1 Å². The van der Waals surface area contributed by atoms with Crippen molar-refractivity contribution in [1.29, 1.82) is 0 Å². The number of pyridine rings is 4. The van der Waals surface area contributed by atoms with Crippen LogP contribution in [0.25, 0.3) is 0 Å². The Hall–Kier alpha value is -3.85. The fourth-order valence-corrected chi connectivity index (χ4v) is 20.0. The third kappa shape index (κ3) is 115. The Morgan fingerprint density at radius 1 is 0.213 bits per heavy atom. The van der Waals surface area contributed by atoms with Crippen LogP contribution in [0.1, 0.15) is 224 Å². The second-order valence-electron chi connectivity index (χ2n) is 27.6. The third-order valence-corrected chi connectivity index (χ3v) is 42.1. The normalized spacial score (nSPS) is 10.2. The van der Waals surface area contributed by atoms with Crippen molar-refractivity contribution in [3.8, 4) is 47.4 Å². The molecule has 0 saturated heterocycles. The van der Waals surface area contributed by atoms with Crippen molar-refractivity contribution in [3.05, 3.63) is 191 Å². The van der Waals surface area contributed by atoms with Gasteiger partial charge in [0.2, 0.25) is 0 Å². The van der Waals surface area contributed by atoms with E-state index in [1.165, 1.54) is 148 Å². The first-order valence-corrected chi connectivity index (χ1v) is 67.3. The zero-order valence-corrected chi connectivity index (χ0v) is 109. The Balaban J connectivity index is -0.000000112. The van der Waals surface area contributed by atoms with Crippen molar-refractivity contribution in [2.45, 2.75) is 201 Å². The molecule has 0 unspecified atom stereocenters. The van der Waals surface area contributed by atoms with Gasteiger partial charge in [0, 0.05) is 178 Å². The summed E-state index contributed by atoms with van der Waals surface area (Å²) in [6.07, 6.45) is 46.3. The van der Waals surface area contributed by atoms with Gasteiger partial charge in [0.25, 0.3) is 0 Å². The van der Waals surface area contributed by atoms with Crippen molar-refractivity contribution in [3.63, 3.8) is 0 Å². The molecule has 0 radical (unpaired) electrons. The van der Waals surface area contributed by atoms with Crippen LogP contribution < -0.4 is 0 Å². The van der Waals surface area contributed by atoms with Gasteiger partial charge < -0.3 is 38.6 Å². The molecular formula is C98H152F12N4O20P8Pt4S4-4. The van der Waals surface area contributed by atoms with Crippen LogP contribution in [-0.4, -0.2) is 286 Å². The van der Waals surface area contributed by atoms with Crippen LogP contribution in [0.2, 0.25) is 0 Å². The quantitative estimate of drug-likeness (QED) is 0.00885. The van der Waals surface area contributed by atoms with Crippen molar-refractivity contribution >= 4 is 128 Å². The van der Waals surface area contributed by atoms with Gasteiger partial charge in [-0.25, -0.2) is 33.7 Å². The van der Waals surface area contributed by atoms with Crippen LogP contribution in [0.3, 0.4) is 0 Å². The Kier molecular flexibility index (Phi) is 128. The number of hydrogen-bond donors (Lipinski definition) is 4. The van der Waals surface area contributed by atoms with Crippen LogP contribution in [0, 0.1) is 47.4 Å². The van der Waals surface area contributed by atoms with Gasteiger partial charge in [-0.15, -0.1) is 63.4 Å². The molecule has 2 aromatic carbocycles. The van der Waals surface area contributed by atoms with E-state index in [-0.39, 0.29) is 84.3 Å². The SMILES string of the molecule is C(#Cc1ccc(C#Cc2ccncc2)cc1)c1ccncc1.C(#Cc1ccc(C#Cc2ccncc2)cc1)c1ccncc1.CCP(CC)CC.CCP(CC)CC.CCP(CC)CC.CCP(CC)CC.CCP(CC)CC.CCP(CC)CC.CCP(CC)CC.CCP(CC)CC.O=C(O)CC(=O)O.O=C(O)CC(=O)O.O=S(=O)([O-])C(F)(F)F.O=S(=O)([O-])C(F)(F)F.O=S(=O)([O-])C(F)(F)F.O=S(=O)([O-])C(F)(F)F.[Pt].[Pt].[Pt].[Pt]. The topological polar surface area (TPSA) is 430 Å². The number of carbonyl (C=O) groups is 4. The summed E-state index contributed by atoms with van der Waals surface area (Å²) in [6, 6.07) is 30.9. The molecule has 150 heavy (non-hydrogen) atoms. The van der Waals surface area contributed by atoms with E-state index in [1.54, 1.807) is 49.6 Å². The fourth-order valence-electron chi connectivity index (χ4n) is 9.22. The van der Waals surface area contributed by atoms with Crippen LogP contribution in [-0.2, 0) is 144 Å². The van der Waals surface area contributed by atoms with Gasteiger partial charge in [-0.05, 0) is 245 Å². The number of carboxylic acids is 4. The first kappa shape index (κ1) is 176. The van der Waals surface area contributed by atoms with Gasteiger partial charge in [0.05, 0.1) is 0 Å². The van der Waals surface area contributed by atoms with E-state index < -0.39 is 99.2 Å². The number of halogens is 12. The maximum Gasteiger partial charge on any atom is 0.485 e. The third-order valence-electron chi connectivity index (χ3n) is 18.4. The molecule has 0 aliphatic heterocycles. The van der Waals surface area contributed by atoms with Crippen molar-refractivity contribution in [2.24, 2.45) is 0 Å². The Morgan fingerprint density at radius 3 is 0.333 bits per heavy atom. The predicted octanol–water partition coefficient (Wildman–Crippen LogP) is 26.1. The van der Waals surface area contributed by atoms with Crippen molar-refractivity contribution < 1.29 is 228 Å². The Morgan fingerprint density at radius 2 is 0.287 bits per heavy atom. The molecule has 876 valence electrons. The second-order valence-corrected chi connectivity index (χ2v) is 59.0. The number of alkyl halides is 12. The van der Waals surface area contributed by atoms with Crippen LogP contribution in [0.4, 0.5) is 52.7 Å². The Bertz CT molecular complexity index is 4300. The van der Waals surface area contributed by atoms with E-state index in [9.17, 15) is 71.9 Å². The minimum absolute atomic E-state index is 0. The fraction of sp³-hybridized carbons (Fsp3) is 0.551. The number of benzene rings is 2. The second kappa shape index (κ2) is 109. The molecule has 4 heterocycles. The molecule has 0 amide bonds. The first-order chi connectivity index (χ1) is 67.8. The molecular weight excluding hydrogens is 2940 g/mol. The molecule has 4 N–H and O–H groups in total. The largest absolute Gasteiger partial charge is 0.741 e. The number of hydrogen-bond acceptors (Lipinski definition) is 20. The Labute approximate surface area is 955 Å². The zero-order chi connectivity index (χ0) is 115. The maximum atomic E-state index is 10.7. The summed E-state index contributed by atoms with van der Waals surface area (Å²) in [7, 11) is -20.8. The summed E-state index contributed by atoms with van der Waals surface area (Å²) < 4.78 is 236. The van der Waals surface area contributed by atoms with Crippen LogP contribution in [0.15, 0.2) is 147 Å². The smallest absolute Gasteiger partial charge is 0.485 e. The van der Waals surface area contributed by atoms with E-state index in [0.29, 0.717) is 63.4 Å². The average Bonchev–Trinajstić information content (AvgIpc) is 0.866. The average molecular weight is 3090 g/mol. The molecule has 0 saturated carbocycles. The van der Waals surface area contributed by atoms with E-state index in [2.05, 4.69) is 233 Å². The number of nitrogens with zero attached hydrogens (tertiary/aromatic N) is 4. The van der Waals surface area contributed by atoms with Crippen LogP contribution >= 0.6 is 63.4 Å². The monoisotopic (exact) mass is 3090 g/mol. The van der Waals surface area contributed by atoms with Gasteiger partial charge in [0.1, 0.15) is 12.8 Å². The van der Waals surface area contributed by atoms with Gasteiger partial charge in [0.15, 0.2) is 40.5 Å². The summed E-state index contributed by atoms with van der Waals surface area (Å²) in [5.74, 6) is 19.7. The van der Waals surface area contributed by atoms with E-state index >= 15 is 0 Å². The summed E-state index contributed by atoms with van der Waals surface area (Å²) in [5, 5.41) is 30.8. The van der Waals surface area contributed by atoms with E-state index in [1.807, 2.05) is 97.1 Å². The summed E-state index contributed by atoms with van der Waals surface area (Å²) in [6.45, 7) is 55.0. The molecule has 0 aliphatic rings. The van der Waals surface area contributed by atoms with E-state index in [0.717, 1.165) is 44.5 Å². The molecule has 0 bridgehead atoms. The molecule has 52 heteroatoms. The molecule has 6 aromatic rings. The molecule has 0 fully saturated rings. The van der Waals surface area contributed by atoms with Gasteiger partial charge in [-0.1, -0.05) is 214 Å². The summed E-state index contributed by atoms with van der Waals surface area (Å²) >= 11 is 0. The molecule has 4 aromatic heterocycles. The molecule has 0 aliphatic carbocycles. The molecule has 24 nitrogen and oxygen atoms in total. The number of aliphatic carboxylic acids is 4. The number of carboxylic acid groups (broad SMARTS) is 4. The summed E-state index contributed by atoms with van der Waals surface area (Å²) in [4.78, 5) is 53.6. The summed E-state index contributed by atoms with van der Waals surface area (Å²) in [5.41, 5.74) is -14.9. The zero-order valence-electron chi connectivity index (χ0n) is 89.4. The van der Waals surface area contributed by atoms with Crippen molar-refractivity contribution in [2.75, 3.05) is 148 Å². The maximum absolute atomic E-state index is 10.7. The number of aromatic nitrogens is 4. The first-order valence-electron chi connectivity index (χ1n) is 46.5. The van der Waals surface area contributed by atoms with E-state index in [4.69, 9.17) is 72.3 Å². The number of rotatable bonds is 28. The van der Waals surface area contributed by atoms with Crippen LogP contribution in [0.5, 0.6) is 0 Å². The standard InChI is InChI=1S/2C20H12N2.8C6H15P.2C3H4O4.4CHF3O3S.4Pt/c2*1-2-18(6-8-20-11-15-22-16-12-20)4-3-17(1)5-7-19-9-13-21-14-10-19;8*1-4-7(5-2)6-3;2*4-2(5)1-3(6)7;4*2-1(3,4)8(5,6)7;;;;/h2*1-4,9-16H;8*4-6H2,1-3H3;2*1H2,(H,4,5)(H,6,7);4*(H,5,6,7);;;;/p-4.